The van der Waals surface area contributed by atoms with Gasteiger partial charge in [0.25, 0.3) is 0 Å². The number of anilines is 1. The summed E-state index contributed by atoms with van der Waals surface area (Å²) in [5, 5.41) is 14.6. The normalized spacial score (nSPS) is 11.7. The van der Waals surface area contributed by atoms with Crippen molar-refractivity contribution in [1.82, 2.24) is 4.98 Å². The summed E-state index contributed by atoms with van der Waals surface area (Å²) in [7, 11) is 1.56. The van der Waals surface area contributed by atoms with Crippen molar-refractivity contribution in [2.45, 2.75) is 12.8 Å². The van der Waals surface area contributed by atoms with E-state index in [9.17, 15) is 14.7 Å². The Labute approximate surface area is 177 Å². The van der Waals surface area contributed by atoms with E-state index >= 15 is 0 Å². The van der Waals surface area contributed by atoms with E-state index in [1.54, 1.807) is 30.7 Å². The van der Waals surface area contributed by atoms with Crippen LogP contribution in [-0.4, -0.2) is 29.1 Å². The summed E-state index contributed by atoms with van der Waals surface area (Å²) in [6.07, 6.45) is 0.0698. The van der Waals surface area contributed by atoms with Crippen LogP contribution in [0.3, 0.4) is 0 Å². The Kier molecular flexibility index (Phi) is 6.85. The molecule has 1 amide bonds. The van der Waals surface area contributed by atoms with Crippen LogP contribution in [0.4, 0.5) is 5.13 Å². The number of hydrogen-bond acceptors (Lipinski definition) is 5. The molecule has 150 valence electrons. The molecule has 29 heavy (non-hydrogen) atoms. The number of aromatic nitrogens is 1. The summed E-state index contributed by atoms with van der Waals surface area (Å²) in [4.78, 5) is 28.4. The lowest BCUT2D eigenvalue weighted by atomic mass is 9.95. The molecule has 0 bridgehead atoms. The fraction of sp³-hybridized carbons (Fsp3) is 0.190. The second kappa shape index (κ2) is 9.54. The van der Waals surface area contributed by atoms with Crippen LogP contribution in [0, 0.1) is 5.92 Å². The Morgan fingerprint density at radius 1 is 1.24 bits per heavy atom. The summed E-state index contributed by atoms with van der Waals surface area (Å²) < 4.78 is 5.35. The molecule has 2 aromatic carbocycles. The van der Waals surface area contributed by atoms with Crippen LogP contribution in [0.2, 0.25) is 5.02 Å². The number of halogens is 1. The number of hydrogen-bond donors (Lipinski definition) is 2. The molecule has 0 aliphatic heterocycles. The van der Waals surface area contributed by atoms with Gasteiger partial charge in [0.2, 0.25) is 5.91 Å². The second-order valence-electron chi connectivity index (χ2n) is 6.36. The minimum atomic E-state index is -1.02. The van der Waals surface area contributed by atoms with Crippen molar-refractivity contribution in [2.75, 3.05) is 12.4 Å². The smallest absolute Gasteiger partial charge is 0.304 e. The van der Waals surface area contributed by atoms with Crippen molar-refractivity contribution >= 4 is 39.9 Å². The second-order valence-corrected chi connectivity index (χ2v) is 7.65. The van der Waals surface area contributed by atoms with Gasteiger partial charge in [0.15, 0.2) is 5.13 Å². The first-order valence-electron chi connectivity index (χ1n) is 8.82. The van der Waals surface area contributed by atoms with Crippen LogP contribution >= 0.6 is 22.9 Å². The van der Waals surface area contributed by atoms with E-state index in [4.69, 9.17) is 16.3 Å². The number of ether oxygens (including phenoxy) is 1. The van der Waals surface area contributed by atoms with Crippen LogP contribution in [0.5, 0.6) is 5.75 Å². The predicted molar refractivity (Wildman–Crippen MR) is 114 cm³/mol. The number of methoxy groups -OCH3 is 1. The van der Waals surface area contributed by atoms with Gasteiger partial charge in [-0.2, -0.15) is 0 Å². The monoisotopic (exact) mass is 430 g/mol. The average molecular weight is 431 g/mol. The number of carbonyl (C=O) groups is 2. The number of carboxylic acids is 1. The van der Waals surface area contributed by atoms with Crippen molar-refractivity contribution < 1.29 is 19.4 Å². The Hall–Kier alpha value is -2.90. The quantitative estimate of drug-likeness (QED) is 0.538. The first kappa shape index (κ1) is 20.8. The molecular weight excluding hydrogens is 412 g/mol. The molecule has 0 spiro atoms. The summed E-state index contributed by atoms with van der Waals surface area (Å²) in [6.45, 7) is 0. The van der Waals surface area contributed by atoms with E-state index in [0.717, 1.165) is 5.56 Å². The van der Waals surface area contributed by atoms with Crippen LogP contribution in [-0.2, 0) is 16.0 Å². The number of nitrogens with zero attached hydrogens (tertiary/aromatic N) is 1. The molecule has 6 nitrogen and oxygen atoms in total. The highest BCUT2D eigenvalue weighted by molar-refractivity contribution is 7.14. The van der Waals surface area contributed by atoms with Gasteiger partial charge in [-0.3, -0.25) is 9.59 Å². The molecule has 0 fully saturated rings. The van der Waals surface area contributed by atoms with Crippen LogP contribution in [0.25, 0.3) is 11.3 Å². The number of nitrogens with one attached hydrogen (secondary N) is 1. The SMILES string of the molecule is COc1ccc(Cl)cc1-c1csc(NC(=O)C(CC(=O)O)Cc2ccccc2)n1. The van der Waals surface area contributed by atoms with Gasteiger partial charge in [-0.25, -0.2) is 4.98 Å². The van der Waals surface area contributed by atoms with Gasteiger partial charge in [-0.1, -0.05) is 41.9 Å². The number of rotatable bonds is 8. The molecule has 2 N–H and O–H groups in total. The zero-order valence-electron chi connectivity index (χ0n) is 15.6. The van der Waals surface area contributed by atoms with Gasteiger partial charge in [0.1, 0.15) is 5.75 Å². The van der Waals surface area contributed by atoms with Gasteiger partial charge < -0.3 is 15.2 Å². The maximum atomic E-state index is 12.7. The third-order valence-electron chi connectivity index (χ3n) is 4.29. The number of aliphatic carboxylic acids is 1. The standard InChI is InChI=1S/C21H19ClN2O4S/c1-28-18-8-7-15(22)11-16(18)17-12-29-21(23-17)24-20(27)14(10-19(25)26)9-13-5-3-2-4-6-13/h2-8,11-12,14H,9-10H2,1H3,(H,25,26)(H,23,24,27). The molecule has 1 atom stereocenters. The van der Waals surface area contributed by atoms with E-state index in [1.165, 1.54) is 11.3 Å². The molecule has 1 aromatic heterocycles. The molecule has 3 aromatic rings. The van der Waals surface area contributed by atoms with Crippen molar-refractivity contribution in [2.24, 2.45) is 5.92 Å². The van der Waals surface area contributed by atoms with Crippen LogP contribution < -0.4 is 10.1 Å². The summed E-state index contributed by atoms with van der Waals surface area (Å²) in [6, 6.07) is 14.5. The van der Waals surface area contributed by atoms with Crippen LogP contribution in [0.15, 0.2) is 53.9 Å². The number of carboxylic acid groups (broad SMARTS) is 1. The number of benzene rings is 2. The van der Waals surface area contributed by atoms with Gasteiger partial charge in [0.05, 0.1) is 25.1 Å². The lowest BCUT2D eigenvalue weighted by Gasteiger charge is -2.14. The van der Waals surface area contributed by atoms with Crippen molar-refractivity contribution in [1.29, 1.82) is 0 Å². The number of thiazole rings is 1. The Balaban J connectivity index is 1.77. The molecule has 1 unspecified atom stereocenters. The average Bonchev–Trinajstić information content (AvgIpc) is 3.16. The van der Waals surface area contributed by atoms with Gasteiger partial charge in [-0.15, -0.1) is 11.3 Å². The molecule has 8 heteroatoms. The Bertz CT molecular complexity index is 1010. The van der Waals surface area contributed by atoms with Crippen molar-refractivity contribution in [3.63, 3.8) is 0 Å². The molecule has 0 saturated heterocycles. The minimum Gasteiger partial charge on any atom is -0.496 e. The van der Waals surface area contributed by atoms with Crippen LogP contribution in [0.1, 0.15) is 12.0 Å². The van der Waals surface area contributed by atoms with E-state index in [-0.39, 0.29) is 12.3 Å². The maximum absolute atomic E-state index is 12.7. The highest BCUT2D eigenvalue weighted by atomic mass is 35.5. The van der Waals surface area contributed by atoms with Gasteiger partial charge in [-0.05, 0) is 30.2 Å². The molecule has 0 saturated carbocycles. The van der Waals surface area contributed by atoms with E-state index < -0.39 is 11.9 Å². The predicted octanol–water partition coefficient (Wildman–Crippen LogP) is 4.74. The van der Waals surface area contributed by atoms with E-state index in [0.29, 0.717) is 33.6 Å². The molecule has 3 rings (SSSR count). The van der Waals surface area contributed by atoms with E-state index in [2.05, 4.69) is 10.3 Å². The number of amides is 1. The fourth-order valence-electron chi connectivity index (χ4n) is 2.91. The molecule has 0 radical (unpaired) electrons. The summed E-state index contributed by atoms with van der Waals surface area (Å²) in [5.41, 5.74) is 2.23. The fourth-order valence-corrected chi connectivity index (χ4v) is 3.80. The molecule has 1 heterocycles. The third-order valence-corrected chi connectivity index (χ3v) is 5.28. The molecular formula is C21H19ClN2O4S. The summed E-state index contributed by atoms with van der Waals surface area (Å²) >= 11 is 7.33. The minimum absolute atomic E-state index is 0.263. The Morgan fingerprint density at radius 2 is 2.00 bits per heavy atom. The highest BCUT2D eigenvalue weighted by Gasteiger charge is 2.23. The first-order valence-corrected chi connectivity index (χ1v) is 10.1. The first-order chi connectivity index (χ1) is 14.0. The molecule has 0 aliphatic rings. The topological polar surface area (TPSA) is 88.5 Å². The van der Waals surface area contributed by atoms with E-state index in [1.807, 2.05) is 30.3 Å². The van der Waals surface area contributed by atoms with Crippen molar-refractivity contribution in [3.05, 3.63) is 64.5 Å². The largest absolute Gasteiger partial charge is 0.496 e. The third kappa shape index (κ3) is 5.56. The zero-order valence-corrected chi connectivity index (χ0v) is 17.2. The van der Waals surface area contributed by atoms with Gasteiger partial charge >= 0.3 is 5.97 Å². The van der Waals surface area contributed by atoms with Gasteiger partial charge in [0, 0.05) is 16.0 Å². The lowest BCUT2D eigenvalue weighted by molar-refractivity contribution is -0.140. The maximum Gasteiger partial charge on any atom is 0.304 e. The zero-order chi connectivity index (χ0) is 20.8. The Morgan fingerprint density at radius 3 is 2.69 bits per heavy atom. The highest BCUT2D eigenvalue weighted by Crippen LogP contribution is 2.34. The molecule has 0 aliphatic carbocycles. The summed E-state index contributed by atoms with van der Waals surface area (Å²) in [5.74, 6) is -1.49. The van der Waals surface area contributed by atoms with Crippen molar-refractivity contribution in [3.8, 4) is 17.0 Å². The lowest BCUT2D eigenvalue weighted by Crippen LogP contribution is -2.27. The number of carbonyl (C=O) groups excluding carboxylic acids is 1.